The fourth-order valence-corrected chi connectivity index (χ4v) is 2.91. The van der Waals surface area contributed by atoms with E-state index in [0.29, 0.717) is 25.1 Å². The first-order valence-corrected chi connectivity index (χ1v) is 11.1. The van der Waals surface area contributed by atoms with Gasteiger partial charge in [-0.2, -0.15) is 0 Å². The van der Waals surface area contributed by atoms with Crippen LogP contribution in [0.25, 0.3) is 0 Å². The second-order valence-corrected chi connectivity index (χ2v) is 7.49. The molecule has 0 saturated heterocycles. The molecule has 2 aromatic carbocycles. The number of hydrogen-bond donors (Lipinski definition) is 6. The van der Waals surface area contributed by atoms with Crippen molar-refractivity contribution in [2.45, 2.75) is 25.3 Å². The van der Waals surface area contributed by atoms with Crippen molar-refractivity contribution in [3.05, 3.63) is 71.3 Å². The third-order valence-electron chi connectivity index (χ3n) is 4.78. The Morgan fingerprint density at radius 2 is 1.46 bits per heavy atom. The van der Waals surface area contributed by atoms with E-state index in [-0.39, 0.29) is 30.9 Å². The summed E-state index contributed by atoms with van der Waals surface area (Å²) in [5, 5.41) is 16.6. The molecule has 0 aliphatic heterocycles. The minimum Gasteiger partial charge on any atom is -0.355 e. The first-order valence-electron chi connectivity index (χ1n) is 11.1. The highest BCUT2D eigenvalue weighted by molar-refractivity contribution is 5.97. The van der Waals surface area contributed by atoms with Gasteiger partial charge in [0, 0.05) is 49.2 Å². The molecular weight excluding hydrogens is 450 g/mol. The molecular formula is C25H29N5O5. The molecule has 10 nitrogen and oxygen atoms in total. The maximum atomic E-state index is 12.6. The summed E-state index contributed by atoms with van der Waals surface area (Å²) >= 11 is 0. The monoisotopic (exact) mass is 479 g/mol. The van der Waals surface area contributed by atoms with Gasteiger partial charge in [0.15, 0.2) is 0 Å². The van der Waals surface area contributed by atoms with Crippen LogP contribution in [-0.2, 0) is 14.4 Å². The molecule has 0 bridgehead atoms. The van der Waals surface area contributed by atoms with E-state index in [0.717, 1.165) is 5.56 Å². The van der Waals surface area contributed by atoms with Crippen molar-refractivity contribution in [1.29, 1.82) is 0 Å². The molecule has 1 unspecified atom stereocenters. The standard InChI is InChI=1S/C25H29N5O5/c26-15-16-27-22(31)7-4-8-23(32)28-17-21(25(34)30-35)29-24(33)20-13-11-19(12-14-20)10-9-18-5-2-1-3-6-18/h1-3,5-6,11-14,21,35H,4,7-8,15-17,26H2,(H,27,31)(H,28,32)(H,29,33)(H,30,34). The van der Waals surface area contributed by atoms with Gasteiger partial charge in [0.2, 0.25) is 11.8 Å². The van der Waals surface area contributed by atoms with E-state index < -0.39 is 23.8 Å². The molecule has 7 N–H and O–H groups in total. The third-order valence-corrected chi connectivity index (χ3v) is 4.78. The van der Waals surface area contributed by atoms with Crippen molar-refractivity contribution in [2.75, 3.05) is 19.6 Å². The molecule has 2 aromatic rings. The number of nitrogens with two attached hydrogens (primary N) is 1. The third kappa shape index (κ3) is 10.1. The molecule has 0 spiro atoms. The Bertz CT molecular complexity index is 1060. The van der Waals surface area contributed by atoms with Crippen LogP contribution in [0.4, 0.5) is 0 Å². The van der Waals surface area contributed by atoms with Crippen molar-refractivity contribution in [1.82, 2.24) is 21.4 Å². The second-order valence-electron chi connectivity index (χ2n) is 7.49. The van der Waals surface area contributed by atoms with Crippen molar-refractivity contribution in [3.63, 3.8) is 0 Å². The molecule has 35 heavy (non-hydrogen) atoms. The number of hydroxylamine groups is 1. The van der Waals surface area contributed by atoms with E-state index in [1.54, 1.807) is 24.3 Å². The van der Waals surface area contributed by atoms with Crippen LogP contribution in [0.5, 0.6) is 0 Å². The predicted octanol–water partition coefficient (Wildman–Crippen LogP) is 0.0516. The number of carbonyl (C=O) groups is 4. The number of carbonyl (C=O) groups excluding carboxylic acids is 4. The maximum absolute atomic E-state index is 12.6. The van der Waals surface area contributed by atoms with Crippen LogP contribution < -0.4 is 27.2 Å². The van der Waals surface area contributed by atoms with Crippen LogP contribution in [-0.4, -0.2) is 54.5 Å². The van der Waals surface area contributed by atoms with Crippen LogP contribution in [0.1, 0.15) is 40.7 Å². The lowest BCUT2D eigenvalue weighted by molar-refractivity contribution is -0.131. The summed E-state index contributed by atoms with van der Waals surface area (Å²) in [5.41, 5.74) is 8.63. The zero-order valence-corrected chi connectivity index (χ0v) is 19.2. The molecule has 4 amide bonds. The molecule has 0 heterocycles. The fraction of sp³-hybridized carbons (Fsp3) is 0.280. The Balaban J connectivity index is 1.87. The molecule has 10 heteroatoms. The van der Waals surface area contributed by atoms with Crippen LogP contribution in [0.3, 0.4) is 0 Å². The Hall–Kier alpha value is -4.20. The SMILES string of the molecule is NCCNC(=O)CCCC(=O)NCC(NC(=O)c1ccc(C#Cc2ccccc2)cc1)C(=O)NO. The Morgan fingerprint density at radius 1 is 0.857 bits per heavy atom. The van der Waals surface area contributed by atoms with E-state index in [2.05, 4.69) is 27.8 Å². The second kappa shape index (κ2) is 14.8. The zero-order chi connectivity index (χ0) is 25.5. The minimum atomic E-state index is -1.21. The van der Waals surface area contributed by atoms with E-state index in [1.165, 1.54) is 5.48 Å². The first-order chi connectivity index (χ1) is 16.9. The van der Waals surface area contributed by atoms with Gasteiger partial charge in [-0.25, -0.2) is 5.48 Å². The molecule has 1 atom stereocenters. The lowest BCUT2D eigenvalue weighted by Crippen LogP contribution is -2.52. The number of nitrogens with one attached hydrogen (secondary N) is 4. The molecule has 0 fully saturated rings. The topological polar surface area (TPSA) is 163 Å². The van der Waals surface area contributed by atoms with Gasteiger partial charge >= 0.3 is 0 Å². The largest absolute Gasteiger partial charge is 0.355 e. The molecule has 0 saturated carbocycles. The number of rotatable bonds is 11. The molecule has 0 aromatic heterocycles. The number of hydrogen-bond acceptors (Lipinski definition) is 6. The average Bonchev–Trinajstić information content (AvgIpc) is 2.88. The van der Waals surface area contributed by atoms with E-state index in [9.17, 15) is 19.2 Å². The van der Waals surface area contributed by atoms with Gasteiger partial charge in [0.1, 0.15) is 6.04 Å². The van der Waals surface area contributed by atoms with E-state index >= 15 is 0 Å². The first kappa shape index (κ1) is 27.0. The summed E-state index contributed by atoms with van der Waals surface area (Å²) < 4.78 is 0. The Morgan fingerprint density at radius 3 is 2.06 bits per heavy atom. The summed E-state index contributed by atoms with van der Waals surface area (Å²) in [6, 6.07) is 14.7. The molecule has 0 radical (unpaired) electrons. The molecule has 2 rings (SSSR count). The quantitative estimate of drug-likeness (QED) is 0.152. The fourth-order valence-electron chi connectivity index (χ4n) is 2.91. The number of amides is 4. The summed E-state index contributed by atoms with van der Waals surface area (Å²) in [6.45, 7) is 0.461. The zero-order valence-electron chi connectivity index (χ0n) is 19.2. The van der Waals surface area contributed by atoms with Gasteiger partial charge in [-0.05, 0) is 42.8 Å². The summed E-state index contributed by atoms with van der Waals surface area (Å²) in [5.74, 6) is 3.98. The van der Waals surface area contributed by atoms with Crippen molar-refractivity contribution in [2.24, 2.45) is 5.73 Å². The van der Waals surface area contributed by atoms with Crippen molar-refractivity contribution in [3.8, 4) is 11.8 Å². The van der Waals surface area contributed by atoms with Gasteiger partial charge in [-0.15, -0.1) is 0 Å². The average molecular weight is 480 g/mol. The summed E-state index contributed by atoms with van der Waals surface area (Å²) in [4.78, 5) is 48.1. The van der Waals surface area contributed by atoms with Crippen molar-refractivity contribution >= 4 is 23.6 Å². The van der Waals surface area contributed by atoms with Crippen LogP contribution >= 0.6 is 0 Å². The van der Waals surface area contributed by atoms with Gasteiger partial charge in [-0.3, -0.25) is 24.4 Å². The summed E-state index contributed by atoms with van der Waals surface area (Å²) in [7, 11) is 0. The van der Waals surface area contributed by atoms with Gasteiger partial charge in [0.25, 0.3) is 11.8 Å². The summed E-state index contributed by atoms with van der Waals surface area (Å²) in [6.07, 6.45) is 0.532. The Labute approximate surface area is 203 Å². The number of benzene rings is 2. The highest BCUT2D eigenvalue weighted by atomic mass is 16.5. The van der Waals surface area contributed by atoms with E-state index in [4.69, 9.17) is 10.9 Å². The smallest absolute Gasteiger partial charge is 0.267 e. The Kier molecular flexibility index (Phi) is 11.5. The van der Waals surface area contributed by atoms with Crippen LogP contribution in [0.2, 0.25) is 0 Å². The van der Waals surface area contributed by atoms with Crippen molar-refractivity contribution < 1.29 is 24.4 Å². The highest BCUT2D eigenvalue weighted by Gasteiger charge is 2.22. The molecule has 0 aliphatic rings. The van der Waals surface area contributed by atoms with Crippen LogP contribution in [0.15, 0.2) is 54.6 Å². The lowest BCUT2D eigenvalue weighted by atomic mass is 10.1. The molecule has 184 valence electrons. The minimum absolute atomic E-state index is 0.0585. The van der Waals surface area contributed by atoms with E-state index in [1.807, 2.05) is 30.3 Å². The van der Waals surface area contributed by atoms with Gasteiger partial charge < -0.3 is 21.7 Å². The van der Waals surface area contributed by atoms with Crippen LogP contribution in [0, 0.1) is 11.8 Å². The van der Waals surface area contributed by atoms with Gasteiger partial charge in [-0.1, -0.05) is 30.0 Å². The normalized spacial score (nSPS) is 10.8. The lowest BCUT2D eigenvalue weighted by Gasteiger charge is -2.17. The van der Waals surface area contributed by atoms with Gasteiger partial charge in [0.05, 0.1) is 0 Å². The highest BCUT2D eigenvalue weighted by Crippen LogP contribution is 2.05. The molecule has 0 aliphatic carbocycles. The predicted molar refractivity (Wildman–Crippen MR) is 129 cm³/mol. The maximum Gasteiger partial charge on any atom is 0.267 e.